The van der Waals surface area contributed by atoms with E-state index >= 15 is 0 Å². The zero-order valence-corrected chi connectivity index (χ0v) is 17.1. The highest BCUT2D eigenvalue weighted by atomic mass is 35.5. The predicted molar refractivity (Wildman–Crippen MR) is 111 cm³/mol. The molecule has 140 valence electrons. The zero-order chi connectivity index (χ0) is 18.9. The van der Waals surface area contributed by atoms with Crippen LogP contribution in [0.3, 0.4) is 0 Å². The van der Waals surface area contributed by atoms with Gasteiger partial charge in [-0.2, -0.15) is 0 Å². The summed E-state index contributed by atoms with van der Waals surface area (Å²) in [6.45, 7) is 2.98. The molecule has 1 heterocycles. The molecule has 0 radical (unpaired) electrons. The van der Waals surface area contributed by atoms with Crippen molar-refractivity contribution in [2.24, 2.45) is 0 Å². The number of carbonyl (C=O) groups is 2. The van der Waals surface area contributed by atoms with Crippen LogP contribution < -0.4 is 0 Å². The summed E-state index contributed by atoms with van der Waals surface area (Å²) in [5, 5.41) is 0.587. The third-order valence-electron chi connectivity index (χ3n) is 3.84. The monoisotopic (exact) mass is 411 g/mol. The lowest BCUT2D eigenvalue weighted by Gasteiger charge is -2.13. The number of esters is 1. The summed E-state index contributed by atoms with van der Waals surface area (Å²) >= 11 is 12.7. The minimum absolute atomic E-state index is 0.142. The molecule has 1 aliphatic heterocycles. The van der Waals surface area contributed by atoms with E-state index < -0.39 is 0 Å². The number of halogens is 1. The molecule has 0 atom stereocenters. The van der Waals surface area contributed by atoms with Gasteiger partial charge in [-0.1, -0.05) is 73.5 Å². The van der Waals surface area contributed by atoms with Crippen molar-refractivity contribution in [3.63, 3.8) is 0 Å². The Labute approximate surface area is 168 Å². The van der Waals surface area contributed by atoms with Gasteiger partial charge in [-0.15, -0.1) is 0 Å². The molecule has 0 spiro atoms. The van der Waals surface area contributed by atoms with E-state index in [1.54, 1.807) is 12.1 Å². The molecule has 0 aliphatic carbocycles. The second kappa shape index (κ2) is 10.7. The molecule has 0 saturated carbocycles. The Hall–Kier alpha value is -1.37. The number of thioether (sulfide) groups is 1. The van der Waals surface area contributed by atoms with Crippen molar-refractivity contribution in [2.75, 3.05) is 13.2 Å². The number of thiocarbonyl (C=S) groups is 1. The topological polar surface area (TPSA) is 46.6 Å². The van der Waals surface area contributed by atoms with Gasteiger partial charge in [0.25, 0.3) is 5.91 Å². The Kier molecular flexibility index (Phi) is 8.62. The molecule has 4 nitrogen and oxygen atoms in total. The Morgan fingerprint density at radius 2 is 2.08 bits per heavy atom. The van der Waals surface area contributed by atoms with Gasteiger partial charge in [-0.05, 0) is 30.5 Å². The van der Waals surface area contributed by atoms with Gasteiger partial charge in [0.15, 0.2) is 0 Å². The molecular formula is C19H22ClNO3S2. The van der Waals surface area contributed by atoms with Gasteiger partial charge >= 0.3 is 5.97 Å². The van der Waals surface area contributed by atoms with E-state index in [1.165, 1.54) is 16.7 Å². The minimum atomic E-state index is -0.224. The average molecular weight is 412 g/mol. The molecular weight excluding hydrogens is 390 g/mol. The molecule has 26 heavy (non-hydrogen) atoms. The van der Waals surface area contributed by atoms with Crippen molar-refractivity contribution in [3.05, 3.63) is 39.8 Å². The number of rotatable bonds is 9. The Bertz CT molecular complexity index is 706. The van der Waals surface area contributed by atoms with Crippen LogP contribution in [-0.2, 0) is 14.3 Å². The molecule has 2 rings (SSSR count). The fourth-order valence-electron chi connectivity index (χ4n) is 2.42. The number of unbranched alkanes of at least 4 members (excludes halogenated alkanes) is 2. The van der Waals surface area contributed by atoms with E-state index in [4.69, 9.17) is 28.6 Å². The van der Waals surface area contributed by atoms with Crippen molar-refractivity contribution in [1.82, 2.24) is 4.90 Å². The summed E-state index contributed by atoms with van der Waals surface area (Å²) in [6.07, 6.45) is 5.61. The number of nitrogens with zero attached hydrogens (tertiary/aromatic N) is 1. The van der Waals surface area contributed by atoms with Crippen molar-refractivity contribution in [2.45, 2.75) is 39.0 Å². The third kappa shape index (κ3) is 6.11. The summed E-state index contributed by atoms with van der Waals surface area (Å²) in [4.78, 5) is 26.3. The third-order valence-corrected chi connectivity index (χ3v) is 5.56. The summed E-state index contributed by atoms with van der Waals surface area (Å²) in [6, 6.07) is 7.33. The highest BCUT2D eigenvalue weighted by Crippen LogP contribution is 2.33. The van der Waals surface area contributed by atoms with Crippen LogP contribution in [0.1, 0.15) is 44.6 Å². The summed E-state index contributed by atoms with van der Waals surface area (Å²) < 4.78 is 5.67. The first-order valence-corrected chi connectivity index (χ1v) is 10.3. The van der Waals surface area contributed by atoms with E-state index in [2.05, 4.69) is 6.92 Å². The summed E-state index contributed by atoms with van der Waals surface area (Å²) in [5.41, 5.74) is 0.783. The van der Waals surface area contributed by atoms with Gasteiger partial charge in [-0.3, -0.25) is 14.5 Å². The zero-order valence-electron chi connectivity index (χ0n) is 14.7. The molecule has 1 aromatic rings. The van der Waals surface area contributed by atoms with Crippen molar-refractivity contribution in [3.8, 4) is 0 Å². The molecule has 1 aromatic carbocycles. The lowest BCUT2D eigenvalue weighted by molar-refractivity contribution is -0.144. The molecule has 1 amide bonds. The highest BCUT2D eigenvalue weighted by molar-refractivity contribution is 8.26. The first-order chi connectivity index (χ1) is 12.5. The van der Waals surface area contributed by atoms with E-state index in [9.17, 15) is 9.59 Å². The second-order valence-corrected chi connectivity index (χ2v) is 7.97. The molecule has 1 aliphatic rings. The molecule has 0 N–H and O–H groups in total. The standard InChI is InChI=1S/C19H22ClNO3S2/c1-2-3-6-12-24-17(22)10-7-11-21-18(23)16(26-19(21)25)13-14-8-4-5-9-15(14)20/h4-5,8-9,13H,2-3,6-7,10-12H2,1H3. The van der Waals surface area contributed by atoms with Crippen LogP contribution in [0.4, 0.5) is 0 Å². The molecule has 1 fully saturated rings. The lowest BCUT2D eigenvalue weighted by atomic mass is 10.2. The highest BCUT2D eigenvalue weighted by Gasteiger charge is 2.31. The van der Waals surface area contributed by atoms with Crippen LogP contribution in [-0.4, -0.2) is 34.2 Å². The van der Waals surface area contributed by atoms with Crippen LogP contribution in [0.2, 0.25) is 5.02 Å². The Morgan fingerprint density at radius 1 is 1.31 bits per heavy atom. The van der Waals surface area contributed by atoms with E-state index in [0.717, 1.165) is 24.8 Å². The van der Waals surface area contributed by atoms with Crippen molar-refractivity contribution >= 4 is 57.9 Å². The first kappa shape index (κ1) is 20.9. The van der Waals surface area contributed by atoms with E-state index in [1.807, 2.05) is 18.2 Å². The Morgan fingerprint density at radius 3 is 2.81 bits per heavy atom. The number of amides is 1. The molecule has 7 heteroatoms. The maximum Gasteiger partial charge on any atom is 0.305 e. The van der Waals surface area contributed by atoms with Crippen LogP contribution in [0.25, 0.3) is 6.08 Å². The van der Waals surface area contributed by atoms with E-state index in [0.29, 0.717) is 33.8 Å². The summed E-state index contributed by atoms with van der Waals surface area (Å²) in [5.74, 6) is -0.366. The van der Waals surface area contributed by atoms with Crippen molar-refractivity contribution < 1.29 is 14.3 Å². The predicted octanol–water partition coefficient (Wildman–Crippen LogP) is 5.05. The van der Waals surface area contributed by atoms with Gasteiger partial charge < -0.3 is 4.74 Å². The molecule has 0 bridgehead atoms. The molecule has 1 saturated heterocycles. The van der Waals surface area contributed by atoms with Gasteiger partial charge in [0.2, 0.25) is 0 Å². The largest absolute Gasteiger partial charge is 0.466 e. The maximum atomic E-state index is 12.5. The van der Waals surface area contributed by atoms with Gasteiger partial charge in [0.05, 0.1) is 11.5 Å². The first-order valence-electron chi connectivity index (χ1n) is 8.68. The normalized spacial score (nSPS) is 15.8. The minimum Gasteiger partial charge on any atom is -0.466 e. The Balaban J connectivity index is 1.84. The fraction of sp³-hybridized carbons (Fsp3) is 0.421. The van der Waals surface area contributed by atoms with Crippen LogP contribution >= 0.6 is 35.6 Å². The number of benzene rings is 1. The average Bonchev–Trinajstić information content (AvgIpc) is 2.88. The summed E-state index contributed by atoms with van der Waals surface area (Å²) in [7, 11) is 0. The van der Waals surface area contributed by atoms with Crippen LogP contribution in [0.15, 0.2) is 29.2 Å². The fourth-order valence-corrected chi connectivity index (χ4v) is 3.91. The van der Waals surface area contributed by atoms with E-state index in [-0.39, 0.29) is 18.3 Å². The lowest BCUT2D eigenvalue weighted by Crippen LogP contribution is -2.29. The maximum absolute atomic E-state index is 12.5. The van der Waals surface area contributed by atoms with Gasteiger partial charge in [0, 0.05) is 18.0 Å². The quantitative estimate of drug-likeness (QED) is 0.246. The number of hydrogen-bond acceptors (Lipinski definition) is 5. The van der Waals surface area contributed by atoms with Crippen LogP contribution in [0, 0.1) is 0 Å². The van der Waals surface area contributed by atoms with Gasteiger partial charge in [-0.25, -0.2) is 0 Å². The molecule has 0 unspecified atom stereocenters. The van der Waals surface area contributed by atoms with Crippen molar-refractivity contribution in [1.29, 1.82) is 0 Å². The SMILES string of the molecule is CCCCCOC(=O)CCCN1C(=O)C(=Cc2ccccc2Cl)SC1=S. The second-order valence-electron chi connectivity index (χ2n) is 5.89. The smallest absolute Gasteiger partial charge is 0.305 e. The van der Waals surface area contributed by atoms with Gasteiger partial charge in [0.1, 0.15) is 4.32 Å². The number of carbonyl (C=O) groups excluding carboxylic acids is 2. The van der Waals surface area contributed by atoms with Crippen LogP contribution in [0.5, 0.6) is 0 Å². The molecule has 0 aromatic heterocycles. The number of ether oxygens (including phenoxy) is 1. The number of hydrogen-bond donors (Lipinski definition) is 0.